The molecule has 2 saturated heterocycles. The highest BCUT2D eigenvalue weighted by Gasteiger charge is 2.27. The Morgan fingerprint density at radius 2 is 1.78 bits per heavy atom. The number of piperidine rings is 1. The lowest BCUT2D eigenvalue weighted by atomic mass is 10.0. The smallest absolute Gasteiger partial charge is 0.191 e. The van der Waals surface area contributed by atoms with Crippen molar-refractivity contribution in [3.63, 3.8) is 0 Å². The molecule has 3 rings (SSSR count). The van der Waals surface area contributed by atoms with Crippen LogP contribution in [0.25, 0.3) is 0 Å². The van der Waals surface area contributed by atoms with Gasteiger partial charge in [0.25, 0.3) is 0 Å². The number of hydrogen-bond donors (Lipinski definition) is 2. The van der Waals surface area contributed by atoms with Gasteiger partial charge in [-0.2, -0.15) is 0 Å². The van der Waals surface area contributed by atoms with Crippen LogP contribution in [0.2, 0.25) is 0 Å². The van der Waals surface area contributed by atoms with Crippen LogP contribution in [0.15, 0.2) is 4.99 Å². The zero-order chi connectivity index (χ0) is 18.0. The average Bonchev–Trinajstić information content (AvgIpc) is 3.23. The van der Waals surface area contributed by atoms with Crippen LogP contribution in [-0.2, 0) is 9.47 Å². The fourth-order valence-corrected chi connectivity index (χ4v) is 4.44. The predicted molar refractivity (Wildman–Crippen MR) is 121 cm³/mol. The molecule has 0 atom stereocenters. The Hall–Kier alpha value is -0.120. The maximum atomic E-state index is 5.92. The van der Waals surface area contributed by atoms with E-state index >= 15 is 0 Å². The molecule has 0 aromatic carbocycles. The Morgan fingerprint density at radius 3 is 2.44 bits per heavy atom. The van der Waals surface area contributed by atoms with E-state index in [1.54, 1.807) is 0 Å². The highest BCUT2D eigenvalue weighted by molar-refractivity contribution is 14.0. The van der Waals surface area contributed by atoms with E-state index in [4.69, 9.17) is 9.47 Å². The summed E-state index contributed by atoms with van der Waals surface area (Å²) in [6.07, 6.45) is 11.6. The minimum absolute atomic E-state index is 0. The van der Waals surface area contributed by atoms with Crippen molar-refractivity contribution < 1.29 is 9.47 Å². The standard InChI is InChI=1S/C20H38N4O2.HI/c1-21-20(22-11-4-14-26-19-9-15-25-16-10-19)23-17-7-12-24(13-8-17)18-5-2-3-6-18;/h17-19H,2-16H2,1H3,(H2,21,22,23);1H. The number of rotatable bonds is 7. The Labute approximate surface area is 182 Å². The summed E-state index contributed by atoms with van der Waals surface area (Å²) in [6, 6.07) is 1.42. The van der Waals surface area contributed by atoms with Gasteiger partial charge in [0.1, 0.15) is 0 Å². The molecule has 27 heavy (non-hydrogen) atoms. The van der Waals surface area contributed by atoms with Crippen LogP contribution in [0, 0.1) is 0 Å². The average molecular weight is 494 g/mol. The molecule has 0 amide bonds. The van der Waals surface area contributed by atoms with Gasteiger partial charge in [-0.05, 0) is 44.9 Å². The zero-order valence-electron chi connectivity index (χ0n) is 17.0. The molecule has 3 aliphatic rings. The van der Waals surface area contributed by atoms with Gasteiger partial charge < -0.3 is 25.0 Å². The molecule has 0 unspecified atom stereocenters. The number of likely N-dealkylation sites (tertiary alicyclic amines) is 1. The Morgan fingerprint density at radius 1 is 1.07 bits per heavy atom. The molecular weight excluding hydrogens is 455 g/mol. The molecule has 7 heteroatoms. The second kappa shape index (κ2) is 13.2. The Balaban J connectivity index is 0.00000261. The summed E-state index contributed by atoms with van der Waals surface area (Å²) < 4.78 is 11.3. The molecular formula is C20H39IN4O2. The number of ether oxygens (including phenoxy) is 2. The highest BCUT2D eigenvalue weighted by Crippen LogP contribution is 2.26. The van der Waals surface area contributed by atoms with Crippen LogP contribution in [-0.4, -0.2) is 75.5 Å². The summed E-state index contributed by atoms with van der Waals surface area (Å²) in [5.74, 6) is 0.940. The maximum Gasteiger partial charge on any atom is 0.191 e. The van der Waals surface area contributed by atoms with Gasteiger partial charge >= 0.3 is 0 Å². The molecule has 0 aromatic rings. The molecule has 6 nitrogen and oxygen atoms in total. The summed E-state index contributed by atoms with van der Waals surface area (Å²) in [6.45, 7) is 5.88. The van der Waals surface area contributed by atoms with Crippen molar-refractivity contribution in [3.8, 4) is 0 Å². The second-order valence-electron chi connectivity index (χ2n) is 7.93. The summed E-state index contributed by atoms with van der Waals surface area (Å²) in [5.41, 5.74) is 0. The summed E-state index contributed by atoms with van der Waals surface area (Å²) in [7, 11) is 1.86. The number of halogens is 1. The van der Waals surface area contributed by atoms with Crippen LogP contribution < -0.4 is 10.6 Å². The van der Waals surface area contributed by atoms with Crippen LogP contribution in [0.3, 0.4) is 0 Å². The molecule has 1 aliphatic carbocycles. The van der Waals surface area contributed by atoms with Crippen molar-refractivity contribution in [1.29, 1.82) is 0 Å². The van der Waals surface area contributed by atoms with Crippen molar-refractivity contribution in [3.05, 3.63) is 0 Å². The Bertz CT molecular complexity index is 418. The summed E-state index contributed by atoms with van der Waals surface area (Å²) in [4.78, 5) is 7.11. The molecule has 1 saturated carbocycles. The van der Waals surface area contributed by atoms with E-state index in [1.165, 1.54) is 51.6 Å². The first kappa shape index (κ1) is 23.2. The number of aliphatic imine (C=N–C) groups is 1. The molecule has 2 heterocycles. The van der Waals surface area contributed by atoms with Crippen LogP contribution in [0.4, 0.5) is 0 Å². The van der Waals surface area contributed by atoms with E-state index in [2.05, 4.69) is 20.5 Å². The van der Waals surface area contributed by atoms with Gasteiger partial charge in [-0.15, -0.1) is 24.0 Å². The van der Waals surface area contributed by atoms with Gasteiger partial charge in [-0.3, -0.25) is 4.99 Å². The van der Waals surface area contributed by atoms with Crippen LogP contribution in [0.5, 0.6) is 0 Å². The number of nitrogens with one attached hydrogen (secondary N) is 2. The zero-order valence-corrected chi connectivity index (χ0v) is 19.3. The number of nitrogens with zero attached hydrogens (tertiary/aromatic N) is 2. The van der Waals surface area contributed by atoms with E-state index < -0.39 is 0 Å². The second-order valence-corrected chi connectivity index (χ2v) is 7.93. The molecule has 0 aromatic heterocycles. The lowest BCUT2D eigenvalue weighted by molar-refractivity contribution is -0.0320. The third-order valence-electron chi connectivity index (χ3n) is 6.07. The van der Waals surface area contributed by atoms with Gasteiger partial charge in [0.2, 0.25) is 0 Å². The minimum Gasteiger partial charge on any atom is -0.381 e. The van der Waals surface area contributed by atoms with Crippen LogP contribution >= 0.6 is 24.0 Å². The van der Waals surface area contributed by atoms with E-state index in [-0.39, 0.29) is 24.0 Å². The van der Waals surface area contributed by atoms with E-state index in [0.717, 1.165) is 57.6 Å². The third-order valence-corrected chi connectivity index (χ3v) is 6.07. The van der Waals surface area contributed by atoms with Crippen LogP contribution in [0.1, 0.15) is 57.8 Å². The van der Waals surface area contributed by atoms with Crippen molar-refractivity contribution in [1.82, 2.24) is 15.5 Å². The number of hydrogen-bond acceptors (Lipinski definition) is 4. The number of guanidine groups is 1. The molecule has 0 bridgehead atoms. The van der Waals surface area contributed by atoms with Crippen molar-refractivity contribution in [2.24, 2.45) is 4.99 Å². The normalized spacial score (nSPS) is 24.0. The van der Waals surface area contributed by atoms with Gasteiger partial charge in [0.05, 0.1) is 6.10 Å². The quantitative estimate of drug-likeness (QED) is 0.247. The van der Waals surface area contributed by atoms with E-state index in [0.29, 0.717) is 12.1 Å². The molecule has 0 radical (unpaired) electrons. The lowest BCUT2D eigenvalue weighted by Gasteiger charge is -2.36. The molecule has 2 N–H and O–H groups in total. The van der Waals surface area contributed by atoms with E-state index in [9.17, 15) is 0 Å². The SMILES string of the molecule is CN=C(NCCCOC1CCOCC1)NC1CCN(C2CCCC2)CC1.I. The van der Waals surface area contributed by atoms with Gasteiger partial charge in [-0.25, -0.2) is 0 Å². The van der Waals surface area contributed by atoms with Crippen molar-refractivity contribution >= 4 is 29.9 Å². The summed E-state index contributed by atoms with van der Waals surface area (Å²) >= 11 is 0. The fraction of sp³-hybridized carbons (Fsp3) is 0.950. The molecule has 0 spiro atoms. The first-order chi connectivity index (χ1) is 12.8. The molecule has 158 valence electrons. The van der Waals surface area contributed by atoms with Gasteiger partial charge in [0.15, 0.2) is 5.96 Å². The fourth-order valence-electron chi connectivity index (χ4n) is 4.44. The third kappa shape index (κ3) is 8.03. The van der Waals surface area contributed by atoms with Gasteiger partial charge in [-0.1, -0.05) is 12.8 Å². The lowest BCUT2D eigenvalue weighted by Crippen LogP contribution is -2.50. The summed E-state index contributed by atoms with van der Waals surface area (Å²) in [5, 5.41) is 7.05. The predicted octanol–water partition coefficient (Wildman–Crippen LogP) is 2.76. The first-order valence-corrected chi connectivity index (χ1v) is 10.8. The maximum absolute atomic E-state index is 5.92. The Kier molecular flexibility index (Phi) is 11.3. The topological polar surface area (TPSA) is 58.1 Å². The highest BCUT2D eigenvalue weighted by atomic mass is 127. The molecule has 2 aliphatic heterocycles. The minimum atomic E-state index is 0. The van der Waals surface area contributed by atoms with E-state index in [1.807, 2.05) is 7.05 Å². The largest absolute Gasteiger partial charge is 0.381 e. The van der Waals surface area contributed by atoms with Gasteiger partial charge in [0, 0.05) is 58.6 Å². The monoisotopic (exact) mass is 494 g/mol. The van der Waals surface area contributed by atoms with Crippen molar-refractivity contribution in [2.75, 3.05) is 46.5 Å². The first-order valence-electron chi connectivity index (χ1n) is 10.8. The molecule has 3 fully saturated rings. The van der Waals surface area contributed by atoms with Crippen molar-refractivity contribution in [2.45, 2.75) is 76.0 Å².